The standard InChI is InChI=1S/C11H12BrF3O3/c1-2-17-9-4-7(5-16)3-8(12)10(9)18-6-11(13,14)15/h3-4,16H,2,5-6H2,1H3. The lowest BCUT2D eigenvalue weighted by atomic mass is 10.2. The van der Waals surface area contributed by atoms with E-state index in [1.54, 1.807) is 6.92 Å². The average molecular weight is 329 g/mol. The monoisotopic (exact) mass is 328 g/mol. The third kappa shape index (κ3) is 4.38. The predicted octanol–water partition coefficient (Wildman–Crippen LogP) is 3.28. The minimum Gasteiger partial charge on any atom is -0.490 e. The van der Waals surface area contributed by atoms with Gasteiger partial charge in [-0.3, -0.25) is 0 Å². The van der Waals surface area contributed by atoms with Gasteiger partial charge in [0.05, 0.1) is 17.7 Å². The Labute approximate surface area is 111 Å². The molecule has 0 radical (unpaired) electrons. The molecule has 18 heavy (non-hydrogen) atoms. The van der Waals surface area contributed by atoms with Gasteiger partial charge in [-0.15, -0.1) is 0 Å². The van der Waals surface area contributed by atoms with Crippen LogP contribution >= 0.6 is 15.9 Å². The highest BCUT2D eigenvalue weighted by atomic mass is 79.9. The summed E-state index contributed by atoms with van der Waals surface area (Å²) in [6.07, 6.45) is -4.42. The average Bonchev–Trinajstić information content (AvgIpc) is 2.26. The largest absolute Gasteiger partial charge is 0.490 e. The summed E-state index contributed by atoms with van der Waals surface area (Å²) in [7, 11) is 0. The maximum absolute atomic E-state index is 12.1. The van der Waals surface area contributed by atoms with Gasteiger partial charge in [0.15, 0.2) is 18.1 Å². The number of ether oxygens (including phenoxy) is 2. The van der Waals surface area contributed by atoms with E-state index in [1.165, 1.54) is 12.1 Å². The Bertz CT molecular complexity index is 407. The SMILES string of the molecule is CCOc1cc(CO)cc(Br)c1OCC(F)(F)F. The molecule has 1 N–H and O–H groups in total. The summed E-state index contributed by atoms with van der Waals surface area (Å²) >= 11 is 3.09. The molecule has 1 rings (SSSR count). The molecule has 3 nitrogen and oxygen atoms in total. The van der Waals surface area contributed by atoms with Crippen LogP contribution in [0, 0.1) is 0 Å². The lowest BCUT2D eigenvalue weighted by Crippen LogP contribution is -2.19. The number of rotatable bonds is 5. The fraction of sp³-hybridized carbons (Fsp3) is 0.455. The van der Waals surface area contributed by atoms with Gasteiger partial charge in [-0.1, -0.05) is 0 Å². The van der Waals surface area contributed by atoms with Crippen molar-refractivity contribution in [1.82, 2.24) is 0 Å². The van der Waals surface area contributed by atoms with Gasteiger partial charge in [0.25, 0.3) is 0 Å². The molecule has 0 unspecified atom stereocenters. The Balaban J connectivity index is 3.00. The van der Waals surface area contributed by atoms with E-state index in [4.69, 9.17) is 14.6 Å². The van der Waals surface area contributed by atoms with E-state index in [-0.39, 0.29) is 24.7 Å². The molecule has 1 aromatic rings. The van der Waals surface area contributed by atoms with E-state index in [1.807, 2.05) is 0 Å². The van der Waals surface area contributed by atoms with Crippen molar-refractivity contribution >= 4 is 15.9 Å². The molecule has 0 aliphatic rings. The van der Waals surface area contributed by atoms with E-state index in [0.717, 1.165) is 0 Å². The fourth-order valence-corrected chi connectivity index (χ4v) is 1.87. The van der Waals surface area contributed by atoms with Gasteiger partial charge in [0.1, 0.15) is 0 Å². The van der Waals surface area contributed by atoms with E-state index < -0.39 is 12.8 Å². The summed E-state index contributed by atoms with van der Waals surface area (Å²) in [4.78, 5) is 0. The molecule has 0 atom stereocenters. The van der Waals surface area contributed by atoms with Crippen LogP contribution in [-0.4, -0.2) is 24.5 Å². The van der Waals surface area contributed by atoms with Crippen molar-refractivity contribution in [2.45, 2.75) is 19.7 Å². The van der Waals surface area contributed by atoms with Crippen molar-refractivity contribution in [2.75, 3.05) is 13.2 Å². The van der Waals surface area contributed by atoms with Crippen LogP contribution in [-0.2, 0) is 6.61 Å². The Morgan fingerprint density at radius 3 is 2.44 bits per heavy atom. The molecule has 0 aliphatic carbocycles. The van der Waals surface area contributed by atoms with Crippen LogP contribution in [0.3, 0.4) is 0 Å². The highest BCUT2D eigenvalue weighted by Crippen LogP contribution is 2.37. The second-order valence-electron chi connectivity index (χ2n) is 3.40. The Kier molecular flexibility index (Phi) is 5.28. The van der Waals surface area contributed by atoms with Gasteiger partial charge < -0.3 is 14.6 Å². The normalized spacial score (nSPS) is 11.4. The summed E-state index contributed by atoms with van der Waals surface area (Å²) < 4.78 is 46.5. The van der Waals surface area contributed by atoms with Crippen LogP contribution in [0.15, 0.2) is 16.6 Å². The Hall–Kier alpha value is -0.950. The highest BCUT2D eigenvalue weighted by molar-refractivity contribution is 9.10. The van der Waals surface area contributed by atoms with Crippen LogP contribution in [0.2, 0.25) is 0 Å². The van der Waals surface area contributed by atoms with Crippen LogP contribution in [0.25, 0.3) is 0 Å². The van der Waals surface area contributed by atoms with Crippen molar-refractivity contribution in [3.63, 3.8) is 0 Å². The maximum atomic E-state index is 12.1. The van der Waals surface area contributed by atoms with E-state index in [9.17, 15) is 13.2 Å². The third-order valence-electron chi connectivity index (χ3n) is 1.93. The van der Waals surface area contributed by atoms with Gasteiger partial charge in [-0.25, -0.2) is 0 Å². The first-order valence-electron chi connectivity index (χ1n) is 5.13. The Morgan fingerprint density at radius 1 is 1.28 bits per heavy atom. The highest BCUT2D eigenvalue weighted by Gasteiger charge is 2.29. The fourth-order valence-electron chi connectivity index (χ4n) is 1.27. The number of alkyl halides is 3. The minimum atomic E-state index is -4.42. The first-order valence-corrected chi connectivity index (χ1v) is 5.92. The number of aliphatic hydroxyl groups is 1. The topological polar surface area (TPSA) is 38.7 Å². The molecule has 7 heteroatoms. The van der Waals surface area contributed by atoms with Gasteiger partial charge >= 0.3 is 6.18 Å². The second-order valence-corrected chi connectivity index (χ2v) is 4.25. The maximum Gasteiger partial charge on any atom is 0.422 e. The molecule has 0 heterocycles. The lowest BCUT2D eigenvalue weighted by Gasteiger charge is -2.15. The van der Waals surface area contributed by atoms with Crippen molar-refractivity contribution in [2.24, 2.45) is 0 Å². The summed E-state index contributed by atoms with van der Waals surface area (Å²) in [5.74, 6) is 0.145. The zero-order valence-corrected chi connectivity index (χ0v) is 11.1. The van der Waals surface area contributed by atoms with Crippen molar-refractivity contribution in [3.8, 4) is 11.5 Å². The summed E-state index contributed by atoms with van der Waals surface area (Å²) in [5.41, 5.74) is 0.518. The van der Waals surface area contributed by atoms with Crippen LogP contribution < -0.4 is 9.47 Å². The van der Waals surface area contributed by atoms with E-state index in [0.29, 0.717) is 10.0 Å². The van der Waals surface area contributed by atoms with Crippen LogP contribution in [0.1, 0.15) is 12.5 Å². The molecule has 0 aliphatic heterocycles. The van der Waals surface area contributed by atoms with Crippen molar-refractivity contribution < 1.29 is 27.8 Å². The molecule has 0 bridgehead atoms. The molecular weight excluding hydrogens is 317 g/mol. The molecule has 1 aromatic carbocycles. The molecule has 0 amide bonds. The zero-order chi connectivity index (χ0) is 13.8. The smallest absolute Gasteiger partial charge is 0.422 e. The molecule has 0 spiro atoms. The molecule has 0 fully saturated rings. The summed E-state index contributed by atoms with van der Waals surface area (Å²) in [5, 5.41) is 9.01. The van der Waals surface area contributed by atoms with E-state index in [2.05, 4.69) is 15.9 Å². The number of halogens is 4. The van der Waals surface area contributed by atoms with Gasteiger partial charge in [0, 0.05) is 0 Å². The third-order valence-corrected chi connectivity index (χ3v) is 2.52. The zero-order valence-electron chi connectivity index (χ0n) is 9.55. The van der Waals surface area contributed by atoms with Crippen LogP contribution in [0.4, 0.5) is 13.2 Å². The quantitative estimate of drug-likeness (QED) is 0.901. The molecule has 0 saturated carbocycles. The first kappa shape index (κ1) is 15.1. The number of hydrogen-bond acceptors (Lipinski definition) is 3. The Morgan fingerprint density at radius 2 is 1.94 bits per heavy atom. The number of aliphatic hydroxyl groups excluding tert-OH is 1. The van der Waals surface area contributed by atoms with Crippen molar-refractivity contribution in [1.29, 1.82) is 0 Å². The predicted molar refractivity (Wildman–Crippen MR) is 62.8 cm³/mol. The molecular formula is C11H12BrF3O3. The number of hydrogen-bond donors (Lipinski definition) is 1. The molecule has 0 saturated heterocycles. The summed E-state index contributed by atoms with van der Waals surface area (Å²) in [6, 6.07) is 2.92. The first-order chi connectivity index (χ1) is 8.37. The lowest BCUT2D eigenvalue weighted by molar-refractivity contribution is -0.153. The number of benzene rings is 1. The van der Waals surface area contributed by atoms with Gasteiger partial charge in [-0.2, -0.15) is 13.2 Å². The van der Waals surface area contributed by atoms with Crippen molar-refractivity contribution in [3.05, 3.63) is 22.2 Å². The van der Waals surface area contributed by atoms with Gasteiger partial charge in [-0.05, 0) is 40.5 Å². The molecule has 102 valence electrons. The van der Waals surface area contributed by atoms with Gasteiger partial charge in [0.2, 0.25) is 0 Å². The second kappa shape index (κ2) is 6.29. The summed E-state index contributed by atoms with van der Waals surface area (Å²) in [6.45, 7) is 0.346. The minimum absolute atomic E-state index is 0.0219. The molecule has 0 aromatic heterocycles. The van der Waals surface area contributed by atoms with Crippen LogP contribution in [0.5, 0.6) is 11.5 Å². The van der Waals surface area contributed by atoms with E-state index >= 15 is 0 Å².